The molecular weight excluding hydrogens is 416 g/mol. The smallest absolute Gasteiger partial charge is 0.449 e. The molecule has 4 heteroatoms. The normalized spacial score (nSPS) is 11.8. The maximum absolute atomic E-state index is 12.0. The molecule has 0 radical (unpaired) electrons. The predicted molar refractivity (Wildman–Crippen MR) is 133 cm³/mol. The van der Waals surface area contributed by atoms with E-state index in [1.807, 2.05) is 36.4 Å². The molecule has 0 saturated carbocycles. The predicted octanol–water partition coefficient (Wildman–Crippen LogP) is 8.44. The van der Waals surface area contributed by atoms with Gasteiger partial charge in [0.25, 0.3) is 0 Å². The number of hydrogen-bond acceptors (Lipinski definition) is 2. The van der Waals surface area contributed by atoms with Crippen LogP contribution in [0.25, 0.3) is 0 Å². The molecule has 0 spiro atoms. The number of aryl methyl sites for hydroxylation is 3. The Bertz CT molecular complexity index is 872. The first-order valence-electron chi connectivity index (χ1n) is 11.6. The molecule has 3 aromatic rings. The molecule has 0 saturated heterocycles. The van der Waals surface area contributed by atoms with Crippen LogP contribution in [0.1, 0.15) is 56.7 Å². The molecule has 0 fully saturated rings. The highest BCUT2D eigenvalue weighted by molar-refractivity contribution is 8.30. The first-order chi connectivity index (χ1) is 15.5. The van der Waals surface area contributed by atoms with Crippen molar-refractivity contribution in [2.75, 3.05) is 0 Å². The summed E-state index contributed by atoms with van der Waals surface area (Å²) in [4.78, 5) is 14.7. The Kier molecular flexibility index (Phi) is 8.40. The van der Waals surface area contributed by atoms with Crippen LogP contribution >= 0.6 is 10.3 Å². The van der Waals surface area contributed by atoms with Crippen LogP contribution in [0, 0.1) is 0 Å². The van der Waals surface area contributed by atoms with Gasteiger partial charge in [-0.15, -0.1) is 0 Å². The highest BCUT2D eigenvalue weighted by atomic mass is 32.3. The lowest BCUT2D eigenvalue weighted by atomic mass is 10.1. The van der Waals surface area contributed by atoms with E-state index >= 15 is 0 Å². The summed E-state index contributed by atoms with van der Waals surface area (Å²) >= 11 is 0. The number of carbonyl (C=O) groups is 1. The second kappa shape index (κ2) is 11.2. The summed E-state index contributed by atoms with van der Waals surface area (Å²) in [6.45, 7) is 6.48. The van der Waals surface area contributed by atoms with Gasteiger partial charge >= 0.3 is 6.16 Å². The molecule has 32 heavy (non-hydrogen) atoms. The lowest BCUT2D eigenvalue weighted by Crippen LogP contribution is -2.12. The molecule has 0 aromatic heterocycles. The molecule has 0 unspecified atom stereocenters. The van der Waals surface area contributed by atoms with Gasteiger partial charge in [0.05, 0.1) is 0 Å². The van der Waals surface area contributed by atoms with Crippen molar-refractivity contribution in [3.8, 4) is 0 Å². The quantitative estimate of drug-likeness (QED) is 0.337. The van der Waals surface area contributed by atoms with Gasteiger partial charge in [0.2, 0.25) is 0 Å². The zero-order valence-corrected chi connectivity index (χ0v) is 20.2. The summed E-state index contributed by atoms with van der Waals surface area (Å²) in [6.07, 6.45) is 4.95. The topological polar surface area (TPSA) is 46.5 Å². The zero-order chi connectivity index (χ0) is 23.0. The van der Waals surface area contributed by atoms with Gasteiger partial charge < -0.3 is 9.29 Å². The Morgan fingerprint density at radius 1 is 0.625 bits per heavy atom. The molecule has 0 bridgehead atoms. The standard InChI is InChI=1S/C28H34O3S/c1-4-7-22-10-16-25(17-11-22)32(31-28(29)30,26-18-12-23(8-5-2)13-19-26)27-20-14-24(9-6-3)15-21-27/h10-21H,4-9H2,1-3H3,(H,29,30). The molecule has 1 N–H and O–H groups in total. The summed E-state index contributed by atoms with van der Waals surface area (Å²) in [7, 11) is -2.43. The van der Waals surface area contributed by atoms with E-state index in [0.29, 0.717) is 0 Å². The van der Waals surface area contributed by atoms with E-state index in [1.165, 1.54) is 16.7 Å². The maximum atomic E-state index is 12.0. The largest absolute Gasteiger partial charge is 0.517 e. The van der Waals surface area contributed by atoms with Crippen LogP contribution in [-0.2, 0) is 23.4 Å². The van der Waals surface area contributed by atoms with Crippen molar-refractivity contribution in [3.05, 3.63) is 89.5 Å². The molecule has 0 aliphatic rings. The monoisotopic (exact) mass is 450 g/mol. The molecule has 3 nitrogen and oxygen atoms in total. The zero-order valence-electron chi connectivity index (χ0n) is 19.3. The average molecular weight is 451 g/mol. The molecule has 0 aliphatic heterocycles. The molecule has 3 aromatic carbocycles. The Morgan fingerprint density at radius 2 is 0.906 bits per heavy atom. The molecule has 0 heterocycles. The number of rotatable bonds is 10. The summed E-state index contributed by atoms with van der Waals surface area (Å²) in [5, 5.41) is 9.85. The van der Waals surface area contributed by atoms with Crippen LogP contribution in [0.4, 0.5) is 4.79 Å². The lowest BCUT2D eigenvalue weighted by molar-refractivity contribution is 0.150. The van der Waals surface area contributed by atoms with Gasteiger partial charge in [-0.1, -0.05) is 76.4 Å². The Morgan fingerprint density at radius 3 is 1.12 bits per heavy atom. The third kappa shape index (κ3) is 5.36. The Hall–Kier alpha value is -2.72. The summed E-state index contributed by atoms with van der Waals surface area (Å²) < 4.78 is 5.90. The van der Waals surface area contributed by atoms with E-state index in [-0.39, 0.29) is 0 Å². The maximum Gasteiger partial charge on any atom is 0.517 e. The first-order valence-corrected chi connectivity index (χ1v) is 13.1. The minimum atomic E-state index is -2.43. The van der Waals surface area contributed by atoms with Crippen molar-refractivity contribution < 1.29 is 14.1 Å². The van der Waals surface area contributed by atoms with Crippen molar-refractivity contribution in [2.24, 2.45) is 0 Å². The van der Waals surface area contributed by atoms with Crippen molar-refractivity contribution in [3.63, 3.8) is 0 Å². The van der Waals surface area contributed by atoms with Crippen molar-refractivity contribution in [2.45, 2.75) is 74.0 Å². The third-order valence-electron chi connectivity index (χ3n) is 5.58. The van der Waals surface area contributed by atoms with Gasteiger partial charge in [0.1, 0.15) is 0 Å². The van der Waals surface area contributed by atoms with Crippen LogP contribution in [-0.4, -0.2) is 11.3 Å². The van der Waals surface area contributed by atoms with E-state index in [1.54, 1.807) is 0 Å². The van der Waals surface area contributed by atoms with E-state index in [0.717, 1.165) is 53.2 Å². The fraction of sp³-hybridized carbons (Fsp3) is 0.321. The third-order valence-corrected chi connectivity index (χ3v) is 8.78. The van der Waals surface area contributed by atoms with Gasteiger partial charge in [0, 0.05) is 14.7 Å². The van der Waals surface area contributed by atoms with Crippen LogP contribution < -0.4 is 0 Å². The highest BCUT2D eigenvalue weighted by Gasteiger charge is 2.36. The number of benzene rings is 3. The van der Waals surface area contributed by atoms with Crippen LogP contribution in [0.3, 0.4) is 0 Å². The van der Waals surface area contributed by atoms with E-state index < -0.39 is 16.5 Å². The summed E-state index contributed by atoms with van der Waals surface area (Å²) in [6, 6.07) is 24.9. The molecule has 170 valence electrons. The summed E-state index contributed by atoms with van der Waals surface area (Å²) in [5.74, 6) is 0. The molecule has 0 atom stereocenters. The second-order valence-corrected chi connectivity index (χ2v) is 10.8. The average Bonchev–Trinajstić information content (AvgIpc) is 2.80. The fourth-order valence-corrected chi connectivity index (χ4v) is 6.95. The minimum absolute atomic E-state index is 0.895. The molecular formula is C28H34O3S. The van der Waals surface area contributed by atoms with E-state index in [4.69, 9.17) is 4.18 Å². The highest BCUT2D eigenvalue weighted by Crippen LogP contribution is 2.69. The number of hydrogen-bond donors (Lipinski definition) is 1. The number of carboxylic acid groups (broad SMARTS) is 1. The Balaban J connectivity index is 2.20. The molecule has 0 aliphatic carbocycles. The van der Waals surface area contributed by atoms with Gasteiger partial charge in [-0.25, -0.2) is 4.79 Å². The SMILES string of the molecule is CCCc1ccc(S(OC(=O)O)(c2ccc(CCC)cc2)c2ccc(CCC)cc2)cc1. The lowest BCUT2D eigenvalue weighted by Gasteiger charge is -2.39. The molecule has 0 amide bonds. The van der Waals surface area contributed by atoms with Gasteiger partial charge in [-0.3, -0.25) is 0 Å². The van der Waals surface area contributed by atoms with Gasteiger partial charge in [-0.05, 0) is 82.7 Å². The Labute approximate surface area is 194 Å². The minimum Gasteiger partial charge on any atom is -0.449 e. The summed E-state index contributed by atoms with van der Waals surface area (Å²) in [5.41, 5.74) is 3.74. The van der Waals surface area contributed by atoms with Crippen LogP contribution in [0.15, 0.2) is 87.5 Å². The van der Waals surface area contributed by atoms with Crippen molar-refractivity contribution in [1.29, 1.82) is 0 Å². The van der Waals surface area contributed by atoms with Gasteiger partial charge in [-0.2, -0.15) is 0 Å². The van der Waals surface area contributed by atoms with Gasteiger partial charge in [0.15, 0.2) is 0 Å². The van der Waals surface area contributed by atoms with E-state index in [2.05, 4.69) is 57.2 Å². The van der Waals surface area contributed by atoms with Crippen LogP contribution in [0.2, 0.25) is 0 Å². The second-order valence-electron chi connectivity index (χ2n) is 8.09. The van der Waals surface area contributed by atoms with E-state index in [9.17, 15) is 9.90 Å². The van der Waals surface area contributed by atoms with Crippen LogP contribution in [0.5, 0.6) is 0 Å². The first kappa shape index (κ1) is 23.9. The van der Waals surface area contributed by atoms with Crippen molar-refractivity contribution >= 4 is 16.5 Å². The molecule has 3 rings (SSSR count). The fourth-order valence-electron chi connectivity index (χ4n) is 4.07. The van der Waals surface area contributed by atoms with Crippen molar-refractivity contribution in [1.82, 2.24) is 0 Å².